The molecule has 2 aliphatic heterocycles. The number of hydrogen-bond donors (Lipinski definition) is 0. The molecule has 6 heteroatoms. The Kier molecular flexibility index (Phi) is 3.50. The Morgan fingerprint density at radius 1 is 1.03 bits per heavy atom. The molecule has 5 aliphatic rings. The van der Waals surface area contributed by atoms with Crippen LogP contribution in [0.25, 0.3) is 0 Å². The smallest absolute Gasteiger partial charge is 0.339 e. The van der Waals surface area contributed by atoms with Crippen LogP contribution in [0.3, 0.4) is 0 Å². The molecule has 164 valence electrons. The maximum Gasteiger partial charge on any atom is 0.339 e. The highest BCUT2D eigenvalue weighted by molar-refractivity contribution is 5.98. The summed E-state index contributed by atoms with van der Waals surface area (Å²) in [6, 6.07) is 1.82. The van der Waals surface area contributed by atoms with E-state index in [0.29, 0.717) is 6.42 Å². The van der Waals surface area contributed by atoms with E-state index < -0.39 is 28.6 Å². The normalized spacial score (nSPS) is 49.4. The number of furan rings is 1. The van der Waals surface area contributed by atoms with Crippen molar-refractivity contribution in [3.63, 3.8) is 0 Å². The van der Waals surface area contributed by atoms with Gasteiger partial charge in [-0.1, -0.05) is 26.8 Å². The van der Waals surface area contributed by atoms with Crippen LogP contribution in [0.2, 0.25) is 0 Å². The lowest BCUT2D eigenvalue weighted by atomic mass is 9.38. The molecule has 1 aromatic heterocycles. The molecule has 6 rings (SSSR count). The van der Waals surface area contributed by atoms with Crippen LogP contribution in [-0.2, 0) is 23.9 Å². The van der Waals surface area contributed by atoms with E-state index in [-0.39, 0.29) is 40.7 Å². The number of Topliss-reactive ketones (excluding diaryl/α,β-unsaturated/α-hetero) is 1. The molecule has 6 nitrogen and oxygen atoms in total. The molecule has 0 radical (unpaired) electrons. The van der Waals surface area contributed by atoms with Gasteiger partial charge in [-0.2, -0.15) is 0 Å². The van der Waals surface area contributed by atoms with Crippen molar-refractivity contribution in [3.05, 3.63) is 36.3 Å². The second-order valence-electron chi connectivity index (χ2n) is 11.1. The number of hydrogen-bond acceptors (Lipinski definition) is 6. The van der Waals surface area contributed by atoms with Crippen molar-refractivity contribution in [2.75, 3.05) is 0 Å². The third kappa shape index (κ3) is 2.01. The van der Waals surface area contributed by atoms with Crippen LogP contribution >= 0.6 is 0 Å². The van der Waals surface area contributed by atoms with Crippen molar-refractivity contribution < 1.29 is 28.3 Å². The number of rotatable bonds is 1. The number of carbonyl (C=O) groups excluding carboxylic acids is 3. The van der Waals surface area contributed by atoms with Crippen LogP contribution in [0.15, 0.2) is 35.2 Å². The van der Waals surface area contributed by atoms with Crippen molar-refractivity contribution in [1.29, 1.82) is 0 Å². The van der Waals surface area contributed by atoms with Gasteiger partial charge in [0.15, 0.2) is 11.9 Å². The Balaban J connectivity index is 1.49. The van der Waals surface area contributed by atoms with Gasteiger partial charge in [0, 0.05) is 23.3 Å². The van der Waals surface area contributed by atoms with Gasteiger partial charge in [-0.15, -0.1) is 0 Å². The Morgan fingerprint density at radius 3 is 2.52 bits per heavy atom. The first-order chi connectivity index (χ1) is 14.6. The molecule has 0 unspecified atom stereocenters. The van der Waals surface area contributed by atoms with E-state index in [2.05, 4.69) is 6.92 Å². The zero-order valence-corrected chi connectivity index (χ0v) is 18.3. The van der Waals surface area contributed by atoms with E-state index >= 15 is 0 Å². The van der Waals surface area contributed by atoms with Gasteiger partial charge in [0.25, 0.3) is 0 Å². The molecule has 2 saturated carbocycles. The van der Waals surface area contributed by atoms with Crippen LogP contribution in [-0.4, -0.2) is 29.2 Å². The number of allylic oxidation sites excluding steroid dienone is 2. The van der Waals surface area contributed by atoms with E-state index in [9.17, 15) is 14.4 Å². The number of ether oxygens (including phenoxy) is 2. The van der Waals surface area contributed by atoms with Gasteiger partial charge in [0.2, 0.25) is 0 Å². The van der Waals surface area contributed by atoms with Gasteiger partial charge in [-0.3, -0.25) is 9.59 Å². The molecule has 31 heavy (non-hydrogen) atoms. The molecule has 1 aromatic rings. The Morgan fingerprint density at radius 2 is 1.81 bits per heavy atom. The number of ketones is 2. The number of fused-ring (bicyclic) bond motifs is 3. The highest BCUT2D eigenvalue weighted by Gasteiger charge is 2.84. The Labute approximate surface area is 181 Å². The van der Waals surface area contributed by atoms with Crippen LogP contribution in [0, 0.1) is 34.0 Å². The summed E-state index contributed by atoms with van der Waals surface area (Å²) in [6.07, 6.45) is 7.71. The summed E-state index contributed by atoms with van der Waals surface area (Å²) in [5, 5.41) is 0. The molecule has 1 spiro atoms. The summed E-state index contributed by atoms with van der Waals surface area (Å²) < 4.78 is 17.3. The molecular formula is C25H28O6. The van der Waals surface area contributed by atoms with Gasteiger partial charge in [-0.25, -0.2) is 4.79 Å². The molecule has 0 aromatic carbocycles. The SMILES string of the molecule is CC1(C)C(=O)C=C[C@]2(C)[C@H]3CC[C@H]4[C@H](c5ccoc5)OC(=O)[C@H]5O[C@]54[C@]3(C)C(=O)C[C@@H]12. The summed E-state index contributed by atoms with van der Waals surface area (Å²) in [7, 11) is 0. The zero-order chi connectivity index (χ0) is 22.0. The van der Waals surface area contributed by atoms with Crippen molar-refractivity contribution in [2.24, 2.45) is 34.0 Å². The minimum absolute atomic E-state index is 0.00738. The fourth-order valence-corrected chi connectivity index (χ4v) is 8.06. The van der Waals surface area contributed by atoms with Gasteiger partial charge >= 0.3 is 5.97 Å². The third-order valence-corrected chi connectivity index (χ3v) is 9.74. The van der Waals surface area contributed by atoms with Gasteiger partial charge < -0.3 is 13.9 Å². The highest BCUT2D eigenvalue weighted by atomic mass is 16.7. The van der Waals surface area contributed by atoms with E-state index in [1.807, 2.05) is 32.9 Å². The molecule has 0 N–H and O–H groups in total. The van der Waals surface area contributed by atoms with Crippen LogP contribution in [0.5, 0.6) is 0 Å². The number of epoxide rings is 1. The Bertz CT molecular complexity index is 1040. The van der Waals surface area contributed by atoms with Crippen molar-refractivity contribution in [1.82, 2.24) is 0 Å². The maximum absolute atomic E-state index is 13.9. The molecule has 2 saturated heterocycles. The first kappa shape index (κ1) is 19.5. The lowest BCUT2D eigenvalue weighted by Gasteiger charge is -2.63. The van der Waals surface area contributed by atoms with Crippen molar-refractivity contribution >= 4 is 17.5 Å². The molecule has 3 aliphatic carbocycles. The first-order valence-electron chi connectivity index (χ1n) is 11.3. The van der Waals surface area contributed by atoms with Gasteiger partial charge in [-0.05, 0) is 49.2 Å². The largest absolute Gasteiger partial charge is 0.472 e. The molecule has 4 fully saturated rings. The third-order valence-electron chi connectivity index (χ3n) is 9.74. The minimum Gasteiger partial charge on any atom is -0.472 e. The van der Waals surface area contributed by atoms with E-state index in [1.54, 1.807) is 18.6 Å². The summed E-state index contributed by atoms with van der Waals surface area (Å²) in [4.78, 5) is 39.5. The summed E-state index contributed by atoms with van der Waals surface area (Å²) in [5.41, 5.74) is -1.76. The lowest BCUT2D eigenvalue weighted by molar-refractivity contribution is -0.190. The summed E-state index contributed by atoms with van der Waals surface area (Å²) in [5.74, 6) is -0.357. The predicted octanol–water partition coefficient (Wildman–Crippen LogP) is 3.81. The van der Waals surface area contributed by atoms with E-state index in [4.69, 9.17) is 13.9 Å². The lowest BCUT2D eigenvalue weighted by Crippen LogP contribution is -2.68. The Hall–Kier alpha value is -2.21. The average Bonchev–Trinajstić information content (AvgIpc) is 3.26. The summed E-state index contributed by atoms with van der Waals surface area (Å²) >= 11 is 0. The van der Waals surface area contributed by atoms with E-state index in [1.165, 1.54) is 0 Å². The van der Waals surface area contributed by atoms with E-state index in [0.717, 1.165) is 18.4 Å². The molecular weight excluding hydrogens is 396 g/mol. The standard InChI is InChI=1S/C25H28O6/c1-22(2)16-11-18(27)24(4)15(23(16,3)9-7-17(22)26)6-5-14-19(13-8-10-29-12-13)30-21(28)20-25(14,24)31-20/h7-10,12,14-16,19-20H,5-6,11H2,1-4H3/t14-,15+,16-,19-,20+,23+,24-,25-/m0/s1. The number of cyclic esters (lactones) is 1. The minimum atomic E-state index is -0.850. The second-order valence-corrected chi connectivity index (χ2v) is 11.1. The monoisotopic (exact) mass is 424 g/mol. The number of carbonyl (C=O) groups is 3. The molecule has 8 atom stereocenters. The molecule has 0 bridgehead atoms. The summed E-state index contributed by atoms with van der Waals surface area (Å²) in [6.45, 7) is 8.13. The maximum atomic E-state index is 13.9. The molecule has 0 amide bonds. The van der Waals surface area contributed by atoms with Crippen molar-refractivity contribution in [3.8, 4) is 0 Å². The number of esters is 1. The fraction of sp³-hybridized carbons (Fsp3) is 0.640. The topological polar surface area (TPSA) is 86.1 Å². The van der Waals surface area contributed by atoms with Crippen molar-refractivity contribution in [2.45, 2.75) is 64.8 Å². The quantitative estimate of drug-likeness (QED) is 0.503. The molecule has 3 heterocycles. The fourth-order valence-electron chi connectivity index (χ4n) is 8.06. The van der Waals surface area contributed by atoms with Crippen LogP contribution in [0.1, 0.15) is 58.6 Å². The van der Waals surface area contributed by atoms with Gasteiger partial charge in [0.05, 0.1) is 17.9 Å². The van der Waals surface area contributed by atoms with Crippen LogP contribution < -0.4 is 0 Å². The average molecular weight is 424 g/mol. The van der Waals surface area contributed by atoms with Crippen LogP contribution in [0.4, 0.5) is 0 Å². The predicted molar refractivity (Wildman–Crippen MR) is 109 cm³/mol. The highest BCUT2D eigenvalue weighted by Crippen LogP contribution is 2.74. The zero-order valence-electron chi connectivity index (χ0n) is 18.3. The second kappa shape index (κ2) is 5.58. The first-order valence-corrected chi connectivity index (χ1v) is 11.3. The van der Waals surface area contributed by atoms with Gasteiger partial charge in [0.1, 0.15) is 17.5 Å².